The fourth-order valence-electron chi connectivity index (χ4n) is 2.56. The van der Waals surface area contributed by atoms with Crippen molar-refractivity contribution in [3.8, 4) is 0 Å². The van der Waals surface area contributed by atoms with E-state index in [1.165, 1.54) is 22.7 Å². The SMILES string of the molecule is CCSc1nc(N)c2ncn([C@@H]3O[C@H](COP(=O)(O)O)[C@H](O)[C@H]3O)c2n1. The van der Waals surface area contributed by atoms with E-state index in [1.807, 2.05) is 6.92 Å². The molecule has 144 valence electrons. The molecule has 12 nitrogen and oxygen atoms in total. The van der Waals surface area contributed by atoms with Gasteiger partial charge in [0.15, 0.2) is 22.8 Å². The number of hydrogen-bond acceptors (Lipinski definition) is 10. The molecule has 26 heavy (non-hydrogen) atoms. The van der Waals surface area contributed by atoms with E-state index < -0.39 is 39.0 Å². The Labute approximate surface area is 151 Å². The molecular formula is C12H18N5O7PS. The van der Waals surface area contributed by atoms with E-state index in [4.69, 9.17) is 20.3 Å². The van der Waals surface area contributed by atoms with Crippen molar-refractivity contribution < 1.29 is 33.8 Å². The Morgan fingerprint density at radius 3 is 2.77 bits per heavy atom. The minimum Gasteiger partial charge on any atom is -0.387 e. The maximum absolute atomic E-state index is 10.8. The lowest BCUT2D eigenvalue weighted by Gasteiger charge is -2.16. The van der Waals surface area contributed by atoms with Crippen molar-refractivity contribution in [1.29, 1.82) is 0 Å². The van der Waals surface area contributed by atoms with Gasteiger partial charge in [0.1, 0.15) is 23.8 Å². The first-order valence-electron chi connectivity index (χ1n) is 7.55. The topological polar surface area (TPSA) is 186 Å². The van der Waals surface area contributed by atoms with Crippen molar-refractivity contribution in [2.45, 2.75) is 36.6 Å². The highest BCUT2D eigenvalue weighted by Crippen LogP contribution is 2.39. The van der Waals surface area contributed by atoms with E-state index in [2.05, 4.69) is 19.5 Å². The van der Waals surface area contributed by atoms with Gasteiger partial charge < -0.3 is 30.5 Å². The van der Waals surface area contributed by atoms with Crippen LogP contribution in [0.3, 0.4) is 0 Å². The molecule has 0 saturated carbocycles. The largest absolute Gasteiger partial charge is 0.469 e. The molecule has 0 unspecified atom stereocenters. The third-order valence-electron chi connectivity index (χ3n) is 3.72. The third kappa shape index (κ3) is 3.85. The number of aliphatic hydroxyl groups is 2. The lowest BCUT2D eigenvalue weighted by atomic mass is 10.1. The molecule has 0 aliphatic carbocycles. The maximum atomic E-state index is 10.8. The van der Waals surface area contributed by atoms with Crippen molar-refractivity contribution in [2.75, 3.05) is 18.1 Å². The van der Waals surface area contributed by atoms with Crippen LogP contribution in [0.15, 0.2) is 11.5 Å². The summed E-state index contributed by atoms with van der Waals surface area (Å²) in [6, 6.07) is 0. The summed E-state index contributed by atoms with van der Waals surface area (Å²) in [5.74, 6) is 0.890. The van der Waals surface area contributed by atoms with Gasteiger partial charge in [-0.05, 0) is 5.75 Å². The summed E-state index contributed by atoms with van der Waals surface area (Å²) in [7, 11) is -4.74. The standard InChI is InChI=1S/C12H18N5O7PS/c1-2-26-12-15-9(13)6-10(16-12)17(4-14-6)11-8(19)7(18)5(24-11)3-23-25(20,21)22/h4-5,7-8,11,18-19H,2-3H2,1H3,(H2,13,15,16)(H2,20,21,22)/t5-,7+,8-,11-/m1/s1. The molecule has 0 aromatic carbocycles. The average Bonchev–Trinajstić information content (AvgIpc) is 3.08. The number of aromatic nitrogens is 4. The second kappa shape index (κ2) is 7.37. The molecule has 0 radical (unpaired) electrons. The second-order valence-electron chi connectivity index (χ2n) is 5.48. The van der Waals surface area contributed by atoms with Gasteiger partial charge >= 0.3 is 7.82 Å². The van der Waals surface area contributed by atoms with Crippen LogP contribution < -0.4 is 5.73 Å². The highest BCUT2D eigenvalue weighted by molar-refractivity contribution is 7.99. The van der Waals surface area contributed by atoms with Gasteiger partial charge in [0.2, 0.25) is 0 Å². The summed E-state index contributed by atoms with van der Waals surface area (Å²) in [4.78, 5) is 30.1. The van der Waals surface area contributed by atoms with E-state index in [1.54, 1.807) is 0 Å². The number of rotatable bonds is 6. The minimum atomic E-state index is -4.74. The van der Waals surface area contributed by atoms with Gasteiger partial charge in [-0.1, -0.05) is 18.7 Å². The van der Waals surface area contributed by atoms with Crippen LogP contribution in [-0.4, -0.2) is 70.2 Å². The zero-order valence-electron chi connectivity index (χ0n) is 13.5. The fourth-order valence-corrected chi connectivity index (χ4v) is 3.48. The highest BCUT2D eigenvalue weighted by Gasteiger charge is 2.45. The molecule has 0 bridgehead atoms. The minimum absolute atomic E-state index is 0.166. The van der Waals surface area contributed by atoms with Crippen LogP contribution in [0.5, 0.6) is 0 Å². The van der Waals surface area contributed by atoms with Crippen LogP contribution in [0.25, 0.3) is 11.2 Å². The quantitative estimate of drug-likeness (QED) is 0.229. The molecule has 4 atom stereocenters. The monoisotopic (exact) mass is 407 g/mol. The molecule has 1 aliphatic rings. The van der Waals surface area contributed by atoms with Crippen molar-refractivity contribution in [2.24, 2.45) is 0 Å². The second-order valence-corrected chi connectivity index (χ2v) is 7.95. The summed E-state index contributed by atoms with van der Waals surface area (Å²) in [5, 5.41) is 20.8. The summed E-state index contributed by atoms with van der Waals surface area (Å²) in [6.07, 6.45) is -3.72. The number of nitrogen functional groups attached to an aromatic ring is 1. The Balaban J connectivity index is 1.90. The number of nitrogens with two attached hydrogens (primary N) is 1. The molecule has 2 aromatic rings. The fraction of sp³-hybridized carbons (Fsp3) is 0.583. The van der Waals surface area contributed by atoms with E-state index >= 15 is 0 Å². The van der Waals surface area contributed by atoms with Crippen molar-refractivity contribution in [1.82, 2.24) is 19.5 Å². The maximum Gasteiger partial charge on any atom is 0.469 e. The van der Waals surface area contributed by atoms with Gasteiger partial charge in [0.25, 0.3) is 0 Å². The molecule has 1 saturated heterocycles. The summed E-state index contributed by atoms with van der Waals surface area (Å²) >= 11 is 1.37. The van der Waals surface area contributed by atoms with Gasteiger partial charge in [-0.25, -0.2) is 19.5 Å². The lowest BCUT2D eigenvalue weighted by molar-refractivity contribution is -0.0504. The molecule has 14 heteroatoms. The number of ether oxygens (including phenoxy) is 1. The predicted molar refractivity (Wildman–Crippen MR) is 90.1 cm³/mol. The molecule has 0 amide bonds. The number of thioether (sulfide) groups is 1. The van der Waals surface area contributed by atoms with E-state index in [9.17, 15) is 14.8 Å². The number of fused-ring (bicyclic) bond motifs is 1. The average molecular weight is 407 g/mol. The number of hydrogen-bond donors (Lipinski definition) is 5. The predicted octanol–water partition coefficient (Wildman–Crippen LogP) is -0.751. The number of anilines is 1. The first-order valence-corrected chi connectivity index (χ1v) is 10.1. The summed E-state index contributed by atoms with van der Waals surface area (Å²) in [6.45, 7) is 1.33. The molecule has 3 heterocycles. The van der Waals surface area contributed by atoms with Crippen molar-refractivity contribution in [3.63, 3.8) is 0 Å². The Morgan fingerprint density at radius 1 is 1.38 bits per heavy atom. The Kier molecular flexibility index (Phi) is 5.51. The van der Waals surface area contributed by atoms with Gasteiger partial charge in [-0.2, -0.15) is 0 Å². The number of phosphoric ester groups is 1. The molecule has 1 aliphatic heterocycles. The zero-order chi connectivity index (χ0) is 19.1. The van der Waals surface area contributed by atoms with Crippen LogP contribution >= 0.6 is 19.6 Å². The number of phosphoric acid groups is 1. The Hall–Kier alpha value is -1.31. The lowest BCUT2D eigenvalue weighted by Crippen LogP contribution is -2.33. The molecule has 6 N–H and O–H groups in total. The van der Waals surface area contributed by atoms with Gasteiger partial charge in [-0.15, -0.1) is 0 Å². The van der Waals surface area contributed by atoms with Crippen LogP contribution in [0.2, 0.25) is 0 Å². The zero-order valence-corrected chi connectivity index (χ0v) is 15.2. The summed E-state index contributed by atoms with van der Waals surface area (Å²) < 4.78 is 22.1. The van der Waals surface area contributed by atoms with E-state index in [0.717, 1.165) is 5.75 Å². The van der Waals surface area contributed by atoms with Gasteiger partial charge in [0, 0.05) is 0 Å². The molecule has 3 rings (SSSR count). The van der Waals surface area contributed by atoms with Crippen LogP contribution in [0.1, 0.15) is 13.2 Å². The number of nitrogens with zero attached hydrogens (tertiary/aromatic N) is 4. The molecular weight excluding hydrogens is 389 g/mol. The van der Waals surface area contributed by atoms with Crippen LogP contribution in [0, 0.1) is 0 Å². The normalized spacial score (nSPS) is 26.7. The number of aliphatic hydroxyl groups excluding tert-OH is 2. The molecule has 1 fully saturated rings. The van der Waals surface area contributed by atoms with E-state index in [0.29, 0.717) is 16.3 Å². The summed E-state index contributed by atoms with van der Waals surface area (Å²) in [5.41, 5.74) is 6.50. The Morgan fingerprint density at radius 2 is 2.12 bits per heavy atom. The van der Waals surface area contributed by atoms with Crippen LogP contribution in [0.4, 0.5) is 5.82 Å². The smallest absolute Gasteiger partial charge is 0.387 e. The van der Waals surface area contributed by atoms with E-state index in [-0.39, 0.29) is 5.82 Å². The first kappa shape index (κ1) is 19.5. The highest BCUT2D eigenvalue weighted by atomic mass is 32.2. The Bertz CT molecular complexity index is 845. The van der Waals surface area contributed by atoms with Gasteiger partial charge in [0.05, 0.1) is 12.9 Å². The molecule has 2 aromatic heterocycles. The van der Waals surface area contributed by atoms with Crippen molar-refractivity contribution in [3.05, 3.63) is 6.33 Å². The number of imidazole rings is 1. The van der Waals surface area contributed by atoms with Gasteiger partial charge in [-0.3, -0.25) is 9.09 Å². The van der Waals surface area contributed by atoms with Crippen LogP contribution in [-0.2, 0) is 13.8 Å². The third-order valence-corrected chi connectivity index (χ3v) is 4.93. The molecule has 0 spiro atoms. The first-order chi connectivity index (χ1) is 12.2. The van der Waals surface area contributed by atoms with Crippen molar-refractivity contribution >= 4 is 36.6 Å².